The predicted octanol–water partition coefficient (Wildman–Crippen LogP) is 1.17. The van der Waals surface area contributed by atoms with Gasteiger partial charge < -0.3 is 5.11 Å². The Labute approximate surface area is 106 Å². The largest absolute Gasteiger partial charge is 0.396 e. The third kappa shape index (κ3) is 4.23. The topological polar surface area (TPSA) is 79.3 Å². The van der Waals surface area contributed by atoms with Crippen molar-refractivity contribution in [3.63, 3.8) is 0 Å². The third-order valence-electron chi connectivity index (χ3n) is 2.17. The summed E-state index contributed by atoms with van der Waals surface area (Å²) in [6.45, 7) is 1.77. The third-order valence-corrected chi connectivity index (χ3v) is 4.20. The Morgan fingerprint density at radius 2 is 2.29 bits per heavy atom. The quantitative estimate of drug-likeness (QED) is 0.766. The minimum atomic E-state index is -3.65. The number of halogens is 1. The summed E-state index contributed by atoms with van der Waals surface area (Å²) < 4.78 is 26.3. The Kier molecular flexibility index (Phi) is 5.32. The smallest absolute Gasteiger partial charge is 0.243 e. The first-order valence-electron chi connectivity index (χ1n) is 5.21. The lowest BCUT2D eigenvalue weighted by molar-refractivity contribution is 0.279. The highest BCUT2D eigenvalue weighted by Crippen LogP contribution is 2.18. The maximum atomic E-state index is 11.9. The van der Waals surface area contributed by atoms with E-state index in [0.717, 1.165) is 0 Å². The van der Waals surface area contributed by atoms with Crippen LogP contribution < -0.4 is 4.72 Å². The molecule has 96 valence electrons. The molecule has 1 unspecified atom stereocenters. The molecule has 0 aliphatic heterocycles. The number of aromatic nitrogens is 1. The average molecular weight is 279 g/mol. The highest BCUT2D eigenvalue weighted by Gasteiger charge is 2.20. The molecular weight excluding hydrogens is 264 g/mol. The summed E-state index contributed by atoms with van der Waals surface area (Å²) in [5.41, 5.74) is 0. The molecule has 0 aromatic carbocycles. The summed E-state index contributed by atoms with van der Waals surface area (Å²) in [5, 5.41) is 8.62. The molecule has 2 N–H and O–H groups in total. The summed E-state index contributed by atoms with van der Waals surface area (Å²) in [6.07, 6.45) is 2.54. The van der Waals surface area contributed by atoms with Gasteiger partial charge in [-0.2, -0.15) is 0 Å². The van der Waals surface area contributed by atoms with Crippen molar-refractivity contribution in [3.05, 3.63) is 23.5 Å². The summed E-state index contributed by atoms with van der Waals surface area (Å²) >= 11 is 5.73. The molecule has 0 aliphatic carbocycles. The van der Waals surface area contributed by atoms with Crippen LogP contribution in [0.3, 0.4) is 0 Å². The molecule has 5 nitrogen and oxygen atoms in total. The maximum absolute atomic E-state index is 11.9. The van der Waals surface area contributed by atoms with Gasteiger partial charge in [-0.25, -0.2) is 18.1 Å². The molecule has 0 bridgehead atoms. The predicted molar refractivity (Wildman–Crippen MR) is 65.4 cm³/mol. The highest BCUT2D eigenvalue weighted by atomic mass is 35.5. The van der Waals surface area contributed by atoms with Crippen LogP contribution in [-0.4, -0.2) is 31.2 Å². The van der Waals surface area contributed by atoms with Gasteiger partial charge in [0.25, 0.3) is 0 Å². The molecule has 0 amide bonds. The first-order valence-corrected chi connectivity index (χ1v) is 7.07. The second-order valence-corrected chi connectivity index (χ2v) is 5.72. The second kappa shape index (κ2) is 6.30. The number of aliphatic hydroxyl groups excluding tert-OH is 1. The van der Waals surface area contributed by atoms with Gasteiger partial charge in [-0.15, -0.1) is 0 Å². The van der Waals surface area contributed by atoms with Crippen molar-refractivity contribution in [2.24, 2.45) is 0 Å². The van der Waals surface area contributed by atoms with Crippen molar-refractivity contribution in [1.29, 1.82) is 0 Å². The molecular formula is C10H15ClN2O3S. The minimum absolute atomic E-state index is 0.0301. The van der Waals surface area contributed by atoms with Gasteiger partial charge in [0.2, 0.25) is 10.0 Å². The lowest BCUT2D eigenvalue weighted by atomic mass is 10.2. The van der Waals surface area contributed by atoms with E-state index in [1.54, 1.807) is 6.92 Å². The number of pyridine rings is 1. The zero-order chi connectivity index (χ0) is 12.9. The van der Waals surface area contributed by atoms with E-state index in [0.29, 0.717) is 12.8 Å². The normalized spacial score (nSPS) is 13.6. The van der Waals surface area contributed by atoms with E-state index in [1.165, 1.54) is 18.3 Å². The van der Waals surface area contributed by atoms with Crippen molar-refractivity contribution in [2.75, 3.05) is 6.61 Å². The van der Waals surface area contributed by atoms with Crippen LogP contribution in [0.25, 0.3) is 0 Å². The SMILES string of the molecule is CC(CCCO)NS(=O)(=O)c1cccnc1Cl. The molecule has 7 heteroatoms. The summed E-state index contributed by atoms with van der Waals surface area (Å²) in [7, 11) is -3.65. The van der Waals surface area contributed by atoms with E-state index in [-0.39, 0.29) is 22.7 Å². The first-order chi connectivity index (χ1) is 7.97. The molecule has 1 aromatic rings. The summed E-state index contributed by atoms with van der Waals surface area (Å²) in [4.78, 5) is 3.69. The van der Waals surface area contributed by atoms with Gasteiger partial charge in [0.1, 0.15) is 10.0 Å². The van der Waals surface area contributed by atoms with Crippen molar-refractivity contribution < 1.29 is 13.5 Å². The average Bonchev–Trinajstić information content (AvgIpc) is 2.26. The monoisotopic (exact) mass is 278 g/mol. The van der Waals surface area contributed by atoms with E-state index < -0.39 is 10.0 Å². The number of rotatable bonds is 6. The molecule has 0 saturated heterocycles. The van der Waals surface area contributed by atoms with Crippen LogP contribution in [0.1, 0.15) is 19.8 Å². The van der Waals surface area contributed by atoms with E-state index in [9.17, 15) is 8.42 Å². The fourth-order valence-corrected chi connectivity index (χ4v) is 3.09. The molecule has 0 spiro atoms. The first kappa shape index (κ1) is 14.4. The second-order valence-electron chi connectivity index (χ2n) is 3.68. The number of hydrogen-bond donors (Lipinski definition) is 2. The van der Waals surface area contributed by atoms with Crippen LogP contribution in [-0.2, 0) is 10.0 Å². The van der Waals surface area contributed by atoms with E-state index in [2.05, 4.69) is 9.71 Å². The van der Waals surface area contributed by atoms with Crippen molar-refractivity contribution in [1.82, 2.24) is 9.71 Å². The van der Waals surface area contributed by atoms with Crippen LogP contribution >= 0.6 is 11.6 Å². The Bertz CT molecular complexity index is 464. The Hall–Kier alpha value is -0.690. The van der Waals surface area contributed by atoms with Gasteiger partial charge in [-0.3, -0.25) is 0 Å². The zero-order valence-corrected chi connectivity index (χ0v) is 11.0. The number of nitrogens with zero attached hydrogens (tertiary/aromatic N) is 1. The molecule has 0 fully saturated rings. The van der Waals surface area contributed by atoms with Gasteiger partial charge in [-0.1, -0.05) is 11.6 Å². The lowest BCUT2D eigenvalue weighted by Gasteiger charge is -2.13. The molecule has 1 heterocycles. The van der Waals surface area contributed by atoms with E-state index in [4.69, 9.17) is 16.7 Å². The van der Waals surface area contributed by atoms with Crippen LogP contribution in [0.5, 0.6) is 0 Å². The fraction of sp³-hybridized carbons (Fsp3) is 0.500. The van der Waals surface area contributed by atoms with Crippen LogP contribution in [0, 0.1) is 0 Å². The van der Waals surface area contributed by atoms with E-state index in [1.807, 2.05) is 0 Å². The van der Waals surface area contributed by atoms with Crippen LogP contribution in [0.4, 0.5) is 0 Å². The number of aliphatic hydroxyl groups is 1. The lowest BCUT2D eigenvalue weighted by Crippen LogP contribution is -2.33. The Morgan fingerprint density at radius 3 is 2.88 bits per heavy atom. The standard InChI is InChI=1S/C10H15ClN2O3S/c1-8(4-3-7-14)13-17(15,16)9-5-2-6-12-10(9)11/h2,5-6,8,13-14H,3-4,7H2,1H3. The number of sulfonamides is 1. The minimum Gasteiger partial charge on any atom is -0.396 e. The zero-order valence-electron chi connectivity index (χ0n) is 9.43. The molecule has 0 aliphatic rings. The number of hydrogen-bond acceptors (Lipinski definition) is 4. The Morgan fingerprint density at radius 1 is 1.59 bits per heavy atom. The molecule has 1 atom stereocenters. The van der Waals surface area contributed by atoms with E-state index >= 15 is 0 Å². The van der Waals surface area contributed by atoms with Crippen molar-refractivity contribution in [3.8, 4) is 0 Å². The summed E-state index contributed by atoms with van der Waals surface area (Å²) in [6, 6.07) is 2.65. The van der Waals surface area contributed by atoms with Crippen molar-refractivity contribution in [2.45, 2.75) is 30.7 Å². The van der Waals surface area contributed by atoms with Gasteiger partial charge in [0, 0.05) is 18.8 Å². The van der Waals surface area contributed by atoms with Gasteiger partial charge in [0.05, 0.1) is 0 Å². The molecule has 1 rings (SSSR count). The highest BCUT2D eigenvalue weighted by molar-refractivity contribution is 7.89. The van der Waals surface area contributed by atoms with Crippen LogP contribution in [0.2, 0.25) is 5.15 Å². The van der Waals surface area contributed by atoms with Crippen molar-refractivity contribution >= 4 is 21.6 Å². The fourth-order valence-electron chi connectivity index (χ4n) is 1.36. The Balaban J connectivity index is 2.79. The maximum Gasteiger partial charge on any atom is 0.243 e. The molecule has 0 radical (unpaired) electrons. The number of nitrogens with one attached hydrogen (secondary N) is 1. The van der Waals surface area contributed by atoms with Gasteiger partial charge in [0.15, 0.2) is 0 Å². The van der Waals surface area contributed by atoms with Crippen LogP contribution in [0.15, 0.2) is 23.2 Å². The summed E-state index contributed by atoms with van der Waals surface area (Å²) in [5.74, 6) is 0. The molecule has 0 saturated carbocycles. The van der Waals surface area contributed by atoms with Gasteiger partial charge >= 0.3 is 0 Å². The van der Waals surface area contributed by atoms with Gasteiger partial charge in [-0.05, 0) is 31.9 Å². The molecule has 1 aromatic heterocycles. The molecule has 17 heavy (non-hydrogen) atoms.